The van der Waals surface area contributed by atoms with Crippen molar-refractivity contribution in [1.29, 1.82) is 0 Å². The van der Waals surface area contributed by atoms with Crippen LogP contribution in [0.4, 0.5) is 0 Å². The lowest BCUT2D eigenvalue weighted by atomic mass is 9.93. The van der Waals surface area contributed by atoms with Gasteiger partial charge in [0.1, 0.15) is 0 Å². The maximum absolute atomic E-state index is 13.1. The first-order valence-corrected chi connectivity index (χ1v) is 10.9. The minimum absolute atomic E-state index is 0.0439. The molecule has 0 aromatic heterocycles. The van der Waals surface area contributed by atoms with E-state index >= 15 is 0 Å². The molecule has 4 heteroatoms. The van der Waals surface area contributed by atoms with Gasteiger partial charge in [-0.15, -0.1) is 0 Å². The van der Waals surface area contributed by atoms with Crippen LogP contribution < -0.4 is 5.32 Å². The first-order chi connectivity index (χ1) is 14.7. The maximum atomic E-state index is 13.1. The van der Waals surface area contributed by atoms with Crippen molar-refractivity contribution in [1.82, 2.24) is 10.2 Å². The Hall–Kier alpha value is -2.62. The molecule has 1 aliphatic rings. The van der Waals surface area contributed by atoms with Crippen LogP contribution in [-0.4, -0.2) is 23.9 Å². The van der Waals surface area contributed by atoms with Crippen molar-refractivity contribution < 1.29 is 4.79 Å². The molecule has 1 saturated heterocycles. The molecule has 3 aromatic rings. The van der Waals surface area contributed by atoms with Gasteiger partial charge in [-0.05, 0) is 48.7 Å². The normalized spacial score (nSPS) is 15.3. The van der Waals surface area contributed by atoms with Gasteiger partial charge < -0.3 is 5.32 Å². The molecule has 0 aliphatic carbocycles. The lowest BCUT2D eigenvalue weighted by Crippen LogP contribution is -2.41. The van der Waals surface area contributed by atoms with Gasteiger partial charge in [-0.2, -0.15) is 0 Å². The van der Waals surface area contributed by atoms with Gasteiger partial charge in [0.05, 0.1) is 6.04 Å². The van der Waals surface area contributed by atoms with Crippen LogP contribution in [-0.2, 0) is 11.3 Å². The number of hydrogen-bond donors (Lipinski definition) is 1. The van der Waals surface area contributed by atoms with Gasteiger partial charge in [0.2, 0.25) is 5.91 Å². The second kappa shape index (κ2) is 9.92. The molecule has 0 saturated carbocycles. The fraction of sp³-hybridized carbons (Fsp3) is 0.269. The van der Waals surface area contributed by atoms with Crippen LogP contribution in [0.2, 0.25) is 5.02 Å². The molecule has 154 valence electrons. The zero-order chi connectivity index (χ0) is 20.8. The van der Waals surface area contributed by atoms with Gasteiger partial charge >= 0.3 is 0 Å². The Labute approximate surface area is 183 Å². The summed E-state index contributed by atoms with van der Waals surface area (Å²) in [4.78, 5) is 15.5. The molecule has 0 radical (unpaired) electrons. The molecule has 3 nitrogen and oxygen atoms in total. The number of nitrogens with zero attached hydrogens (tertiary/aromatic N) is 1. The van der Waals surface area contributed by atoms with Crippen molar-refractivity contribution in [2.75, 3.05) is 13.1 Å². The van der Waals surface area contributed by atoms with E-state index in [1.165, 1.54) is 0 Å². The maximum Gasteiger partial charge on any atom is 0.223 e. The summed E-state index contributed by atoms with van der Waals surface area (Å²) in [6.45, 7) is 2.65. The molecule has 0 bridgehead atoms. The third kappa shape index (κ3) is 5.10. The molecule has 4 rings (SSSR count). The van der Waals surface area contributed by atoms with E-state index in [1.54, 1.807) is 0 Å². The quantitative estimate of drug-likeness (QED) is 0.576. The highest BCUT2D eigenvalue weighted by Gasteiger charge is 2.27. The van der Waals surface area contributed by atoms with Crippen molar-refractivity contribution in [3.8, 4) is 0 Å². The number of likely N-dealkylation sites (tertiary alicyclic amines) is 1. The van der Waals surface area contributed by atoms with E-state index in [2.05, 4.69) is 40.5 Å². The van der Waals surface area contributed by atoms with Crippen molar-refractivity contribution in [2.24, 2.45) is 5.92 Å². The average Bonchev–Trinajstić information content (AvgIpc) is 2.80. The van der Waals surface area contributed by atoms with Crippen molar-refractivity contribution in [3.63, 3.8) is 0 Å². The number of amides is 1. The number of carbonyl (C=O) groups excluding carboxylic acids is 1. The summed E-state index contributed by atoms with van der Waals surface area (Å²) < 4.78 is 0. The van der Waals surface area contributed by atoms with Gasteiger partial charge in [0.15, 0.2) is 0 Å². The van der Waals surface area contributed by atoms with Gasteiger partial charge in [-0.3, -0.25) is 9.69 Å². The van der Waals surface area contributed by atoms with E-state index < -0.39 is 0 Å². The smallest absolute Gasteiger partial charge is 0.223 e. The van der Waals surface area contributed by atoms with E-state index in [9.17, 15) is 4.79 Å². The minimum Gasteiger partial charge on any atom is -0.345 e. The first-order valence-electron chi connectivity index (χ1n) is 10.6. The Bertz CT molecular complexity index is 914. The van der Waals surface area contributed by atoms with Gasteiger partial charge in [0.25, 0.3) is 0 Å². The zero-order valence-electron chi connectivity index (χ0n) is 17.0. The summed E-state index contributed by atoms with van der Waals surface area (Å²) in [6, 6.07) is 28.2. The van der Waals surface area contributed by atoms with Crippen LogP contribution in [0.15, 0.2) is 84.9 Å². The molecule has 0 spiro atoms. The number of carbonyl (C=O) groups is 1. The summed E-state index contributed by atoms with van der Waals surface area (Å²) >= 11 is 6.31. The highest BCUT2D eigenvalue weighted by molar-refractivity contribution is 6.31. The SMILES string of the molecule is O=C(NC(c1ccccc1)c1ccccc1)C1CCN(Cc2ccccc2Cl)CC1. The van der Waals surface area contributed by atoms with Crippen LogP contribution in [0.5, 0.6) is 0 Å². The fourth-order valence-corrected chi connectivity index (χ4v) is 4.33. The Morgan fingerprint density at radius 2 is 1.40 bits per heavy atom. The van der Waals surface area contributed by atoms with Gasteiger partial charge in [-0.25, -0.2) is 0 Å². The Morgan fingerprint density at radius 1 is 0.867 bits per heavy atom. The van der Waals surface area contributed by atoms with E-state index in [4.69, 9.17) is 11.6 Å². The lowest BCUT2D eigenvalue weighted by molar-refractivity contribution is -0.127. The van der Waals surface area contributed by atoms with Crippen molar-refractivity contribution >= 4 is 17.5 Å². The topological polar surface area (TPSA) is 32.3 Å². The summed E-state index contributed by atoms with van der Waals surface area (Å²) in [5.41, 5.74) is 3.36. The average molecular weight is 419 g/mol. The zero-order valence-corrected chi connectivity index (χ0v) is 17.8. The summed E-state index contributed by atoms with van der Waals surface area (Å²) in [5.74, 6) is 0.188. The molecule has 1 aliphatic heterocycles. The number of piperidine rings is 1. The molecule has 1 fully saturated rings. The third-order valence-electron chi connectivity index (χ3n) is 5.86. The molecule has 1 amide bonds. The Balaban J connectivity index is 1.39. The predicted molar refractivity (Wildman–Crippen MR) is 122 cm³/mol. The predicted octanol–water partition coefficient (Wildman–Crippen LogP) is 5.46. The third-order valence-corrected chi connectivity index (χ3v) is 6.23. The first kappa shape index (κ1) is 20.6. The number of nitrogens with one attached hydrogen (secondary N) is 1. The molecule has 30 heavy (non-hydrogen) atoms. The Kier molecular flexibility index (Phi) is 6.83. The number of rotatable bonds is 6. The van der Waals surface area contributed by atoms with Gasteiger partial charge in [0, 0.05) is 17.5 Å². The van der Waals surface area contributed by atoms with Crippen molar-refractivity contribution in [2.45, 2.75) is 25.4 Å². The lowest BCUT2D eigenvalue weighted by Gasteiger charge is -2.32. The monoisotopic (exact) mass is 418 g/mol. The molecular formula is C26H27ClN2O. The summed E-state index contributed by atoms with van der Waals surface area (Å²) in [6.07, 6.45) is 1.74. The van der Waals surface area contributed by atoms with Crippen LogP contribution >= 0.6 is 11.6 Å². The van der Waals surface area contributed by atoms with E-state index in [-0.39, 0.29) is 17.9 Å². The van der Waals surface area contributed by atoms with E-state index in [0.29, 0.717) is 0 Å². The molecule has 1 N–H and O–H groups in total. The number of benzene rings is 3. The second-order valence-electron chi connectivity index (χ2n) is 7.90. The second-order valence-corrected chi connectivity index (χ2v) is 8.31. The fourth-order valence-electron chi connectivity index (χ4n) is 4.13. The number of hydrogen-bond acceptors (Lipinski definition) is 2. The molecule has 0 atom stereocenters. The largest absolute Gasteiger partial charge is 0.345 e. The molecule has 1 heterocycles. The molecule has 0 unspecified atom stereocenters. The van der Waals surface area contributed by atoms with Crippen LogP contribution in [0.3, 0.4) is 0 Å². The van der Waals surface area contributed by atoms with Gasteiger partial charge in [-0.1, -0.05) is 90.5 Å². The summed E-state index contributed by atoms with van der Waals surface area (Å²) in [5, 5.41) is 4.13. The van der Waals surface area contributed by atoms with Crippen LogP contribution in [0.25, 0.3) is 0 Å². The highest BCUT2D eigenvalue weighted by atomic mass is 35.5. The van der Waals surface area contributed by atoms with Crippen LogP contribution in [0.1, 0.15) is 35.6 Å². The minimum atomic E-state index is -0.124. The molecular weight excluding hydrogens is 392 g/mol. The summed E-state index contributed by atoms with van der Waals surface area (Å²) in [7, 11) is 0. The number of halogens is 1. The highest BCUT2D eigenvalue weighted by Crippen LogP contribution is 2.26. The molecule has 3 aromatic carbocycles. The standard InChI is InChI=1S/C26H27ClN2O/c27-24-14-8-7-13-23(24)19-29-17-15-22(16-18-29)26(30)28-25(20-9-3-1-4-10-20)21-11-5-2-6-12-21/h1-14,22,25H,15-19H2,(H,28,30). The van der Waals surface area contributed by atoms with E-state index in [0.717, 1.165) is 54.2 Å². The van der Waals surface area contributed by atoms with Crippen LogP contribution in [0, 0.1) is 5.92 Å². The Morgan fingerprint density at radius 3 is 1.97 bits per heavy atom. The van der Waals surface area contributed by atoms with Crippen molar-refractivity contribution in [3.05, 3.63) is 107 Å². The van der Waals surface area contributed by atoms with E-state index in [1.807, 2.05) is 54.6 Å².